The maximum Gasteiger partial charge on any atom is 0.131 e. The first-order valence-corrected chi connectivity index (χ1v) is 7.65. The lowest BCUT2D eigenvalue weighted by Crippen LogP contribution is -2.21. The summed E-state index contributed by atoms with van der Waals surface area (Å²) in [4.78, 5) is 4.82. The minimum atomic E-state index is -0.0644. The van der Waals surface area contributed by atoms with Crippen LogP contribution in [0.4, 0.5) is 5.82 Å². The number of halogens is 1. The van der Waals surface area contributed by atoms with Crippen LogP contribution >= 0.6 is 11.6 Å². The van der Waals surface area contributed by atoms with Crippen LogP contribution in [-0.4, -0.2) is 9.55 Å². The van der Waals surface area contributed by atoms with Crippen molar-refractivity contribution < 1.29 is 0 Å². The summed E-state index contributed by atoms with van der Waals surface area (Å²) in [6.45, 7) is 12.7. The Labute approximate surface area is 132 Å². The first-order valence-electron chi connectivity index (χ1n) is 7.27. The van der Waals surface area contributed by atoms with E-state index in [1.54, 1.807) is 0 Å². The predicted octanol–water partition coefficient (Wildman–Crippen LogP) is 4.97. The number of aryl methyl sites for hydroxylation is 1. The van der Waals surface area contributed by atoms with E-state index in [4.69, 9.17) is 22.3 Å². The molecule has 114 valence electrons. The van der Waals surface area contributed by atoms with Crippen molar-refractivity contribution in [3.8, 4) is 11.3 Å². The molecule has 0 aliphatic heterocycles. The van der Waals surface area contributed by atoms with Gasteiger partial charge in [0.25, 0.3) is 0 Å². The van der Waals surface area contributed by atoms with Crippen LogP contribution in [-0.2, 0) is 5.41 Å². The Morgan fingerprint density at radius 2 is 1.86 bits per heavy atom. The third-order valence-corrected chi connectivity index (χ3v) is 3.99. The van der Waals surface area contributed by atoms with E-state index in [9.17, 15) is 0 Å². The number of hydrogen-bond acceptors (Lipinski definition) is 2. The smallest absolute Gasteiger partial charge is 0.131 e. The number of hydrogen-bond donors (Lipinski definition) is 1. The molecule has 0 spiro atoms. The number of aromatic nitrogens is 2. The number of nitrogens with two attached hydrogens (primary N) is 1. The van der Waals surface area contributed by atoms with E-state index in [2.05, 4.69) is 39.2 Å². The summed E-state index contributed by atoms with van der Waals surface area (Å²) in [5.41, 5.74) is 9.15. The molecule has 0 aliphatic carbocycles. The number of nitrogens with zero attached hydrogens (tertiary/aromatic N) is 2. The summed E-state index contributed by atoms with van der Waals surface area (Å²) in [7, 11) is 0. The molecule has 2 aromatic rings. The summed E-state index contributed by atoms with van der Waals surface area (Å²) >= 11 is 6.24. The zero-order valence-corrected chi connectivity index (χ0v) is 14.4. The molecular formula is C17H24ClN3. The van der Waals surface area contributed by atoms with Gasteiger partial charge in [-0.05, 0) is 32.4 Å². The van der Waals surface area contributed by atoms with Crippen LogP contribution in [0.5, 0.6) is 0 Å². The van der Waals surface area contributed by atoms with Gasteiger partial charge in [0.2, 0.25) is 0 Å². The maximum atomic E-state index is 6.38. The Kier molecular flexibility index (Phi) is 4.07. The lowest BCUT2D eigenvalue weighted by atomic mass is 9.95. The SMILES string of the molecule is Cc1ccc(-c2nc(C(C)(C)C)n(C(C)C)c2N)cc1Cl. The second kappa shape index (κ2) is 5.38. The molecule has 21 heavy (non-hydrogen) atoms. The van der Waals surface area contributed by atoms with Crippen LogP contribution in [0.2, 0.25) is 5.02 Å². The van der Waals surface area contributed by atoms with Crippen LogP contribution in [0.25, 0.3) is 11.3 Å². The Hall–Kier alpha value is -1.48. The quantitative estimate of drug-likeness (QED) is 0.851. The number of benzene rings is 1. The summed E-state index contributed by atoms with van der Waals surface area (Å²) in [6, 6.07) is 6.23. The van der Waals surface area contributed by atoms with Gasteiger partial charge in [-0.15, -0.1) is 0 Å². The lowest BCUT2D eigenvalue weighted by Gasteiger charge is -2.22. The fourth-order valence-corrected chi connectivity index (χ4v) is 2.63. The molecule has 2 rings (SSSR count). The summed E-state index contributed by atoms with van der Waals surface area (Å²) in [5.74, 6) is 1.71. The van der Waals surface area contributed by atoms with Crippen LogP contribution in [0.15, 0.2) is 18.2 Å². The molecular weight excluding hydrogens is 282 g/mol. The highest BCUT2D eigenvalue weighted by molar-refractivity contribution is 6.31. The van der Waals surface area contributed by atoms with Crippen molar-refractivity contribution in [2.24, 2.45) is 0 Å². The lowest BCUT2D eigenvalue weighted by molar-refractivity contribution is 0.473. The van der Waals surface area contributed by atoms with E-state index in [1.165, 1.54) is 0 Å². The monoisotopic (exact) mass is 305 g/mol. The van der Waals surface area contributed by atoms with Crippen molar-refractivity contribution in [1.82, 2.24) is 9.55 Å². The molecule has 2 N–H and O–H groups in total. The molecule has 1 heterocycles. The Balaban J connectivity index is 2.68. The standard InChI is InChI=1S/C17H24ClN3/c1-10(2)21-15(19)14(20-16(21)17(4,5)6)12-8-7-11(3)13(18)9-12/h7-10H,19H2,1-6H3. The largest absolute Gasteiger partial charge is 0.383 e. The van der Waals surface area contributed by atoms with Gasteiger partial charge in [0, 0.05) is 22.0 Å². The minimum absolute atomic E-state index is 0.0644. The van der Waals surface area contributed by atoms with Crippen molar-refractivity contribution in [3.63, 3.8) is 0 Å². The Morgan fingerprint density at radius 1 is 1.24 bits per heavy atom. The summed E-state index contributed by atoms with van der Waals surface area (Å²) < 4.78 is 2.11. The molecule has 1 aromatic heterocycles. The summed E-state index contributed by atoms with van der Waals surface area (Å²) in [6.07, 6.45) is 0. The molecule has 0 atom stereocenters. The molecule has 0 bridgehead atoms. The van der Waals surface area contributed by atoms with E-state index in [1.807, 2.05) is 25.1 Å². The molecule has 0 radical (unpaired) electrons. The zero-order valence-electron chi connectivity index (χ0n) is 13.7. The van der Waals surface area contributed by atoms with Gasteiger partial charge >= 0.3 is 0 Å². The van der Waals surface area contributed by atoms with Gasteiger partial charge in [0.05, 0.1) is 0 Å². The molecule has 0 amide bonds. The molecule has 1 aromatic carbocycles. The molecule has 3 nitrogen and oxygen atoms in total. The van der Waals surface area contributed by atoms with Crippen molar-refractivity contribution >= 4 is 17.4 Å². The predicted molar refractivity (Wildman–Crippen MR) is 90.9 cm³/mol. The summed E-state index contributed by atoms with van der Waals surface area (Å²) in [5, 5.41) is 0.739. The van der Waals surface area contributed by atoms with Crippen molar-refractivity contribution in [2.45, 2.75) is 53.0 Å². The fourth-order valence-electron chi connectivity index (χ4n) is 2.45. The third kappa shape index (κ3) is 2.93. The van der Waals surface area contributed by atoms with E-state index in [0.29, 0.717) is 5.82 Å². The van der Waals surface area contributed by atoms with Gasteiger partial charge in [-0.1, -0.05) is 44.5 Å². The van der Waals surface area contributed by atoms with E-state index in [-0.39, 0.29) is 11.5 Å². The Bertz CT molecular complexity index is 663. The average molecular weight is 306 g/mol. The highest BCUT2D eigenvalue weighted by atomic mass is 35.5. The molecule has 4 heteroatoms. The van der Waals surface area contributed by atoms with Crippen LogP contribution in [0.1, 0.15) is 52.0 Å². The molecule has 0 saturated carbocycles. The number of rotatable bonds is 2. The van der Waals surface area contributed by atoms with Crippen LogP contribution in [0.3, 0.4) is 0 Å². The van der Waals surface area contributed by atoms with Crippen molar-refractivity contribution in [1.29, 1.82) is 0 Å². The first-order chi connectivity index (χ1) is 9.62. The van der Waals surface area contributed by atoms with Gasteiger partial charge < -0.3 is 10.3 Å². The maximum absolute atomic E-state index is 6.38. The number of imidazole rings is 1. The second-order valence-corrected chi connectivity index (χ2v) is 7.25. The highest BCUT2D eigenvalue weighted by Gasteiger charge is 2.26. The Morgan fingerprint density at radius 3 is 2.29 bits per heavy atom. The van der Waals surface area contributed by atoms with Crippen LogP contribution < -0.4 is 5.73 Å². The van der Waals surface area contributed by atoms with Gasteiger partial charge in [-0.25, -0.2) is 4.98 Å². The van der Waals surface area contributed by atoms with Crippen molar-refractivity contribution in [3.05, 3.63) is 34.6 Å². The van der Waals surface area contributed by atoms with Gasteiger partial charge in [-0.3, -0.25) is 0 Å². The topological polar surface area (TPSA) is 43.8 Å². The molecule has 0 unspecified atom stereocenters. The van der Waals surface area contributed by atoms with E-state index in [0.717, 1.165) is 27.7 Å². The zero-order chi connectivity index (χ0) is 15.9. The molecule has 0 saturated heterocycles. The molecule has 0 aliphatic rings. The van der Waals surface area contributed by atoms with Gasteiger partial charge in [-0.2, -0.15) is 0 Å². The van der Waals surface area contributed by atoms with Gasteiger partial charge in [0.15, 0.2) is 0 Å². The second-order valence-electron chi connectivity index (χ2n) is 6.85. The van der Waals surface area contributed by atoms with E-state index >= 15 is 0 Å². The minimum Gasteiger partial charge on any atom is -0.383 e. The third-order valence-electron chi connectivity index (χ3n) is 3.58. The first kappa shape index (κ1) is 15.9. The number of anilines is 1. The highest BCUT2D eigenvalue weighted by Crippen LogP contribution is 2.35. The van der Waals surface area contributed by atoms with Crippen molar-refractivity contribution in [2.75, 3.05) is 5.73 Å². The van der Waals surface area contributed by atoms with E-state index < -0.39 is 0 Å². The van der Waals surface area contributed by atoms with Gasteiger partial charge in [0.1, 0.15) is 17.3 Å². The molecule has 0 fully saturated rings. The average Bonchev–Trinajstić information content (AvgIpc) is 2.70. The van der Waals surface area contributed by atoms with Crippen LogP contribution in [0, 0.1) is 6.92 Å². The fraction of sp³-hybridized carbons (Fsp3) is 0.471. The number of nitrogen functional groups attached to an aromatic ring is 1. The normalized spacial score (nSPS) is 12.2.